The molecule has 156 valence electrons. The number of aliphatic carboxylic acids is 2. The highest BCUT2D eigenvalue weighted by molar-refractivity contribution is 7.39. The zero-order valence-electron chi connectivity index (χ0n) is 15.8. The van der Waals surface area contributed by atoms with Crippen LogP contribution in [0.25, 0.3) is 0 Å². The van der Waals surface area contributed by atoms with Crippen LogP contribution in [0.5, 0.6) is 5.75 Å². The molecule has 0 heterocycles. The number of nitrogens with one attached hydrogen (secondary N) is 1. The normalized spacial score (nSPS) is 15.0. The monoisotopic (exact) mass is 421 g/mol. The minimum atomic E-state index is -3.35. The summed E-state index contributed by atoms with van der Waals surface area (Å²) in [6.45, 7) is 0. The van der Waals surface area contributed by atoms with E-state index >= 15 is 0 Å². The van der Waals surface area contributed by atoms with E-state index in [2.05, 4.69) is 5.32 Å². The van der Waals surface area contributed by atoms with Crippen LogP contribution in [0.4, 0.5) is 5.69 Å². The van der Waals surface area contributed by atoms with Crippen molar-refractivity contribution >= 4 is 25.7 Å². The summed E-state index contributed by atoms with van der Waals surface area (Å²) in [5, 5.41) is 21.8. The molecule has 2 rings (SSSR count). The summed E-state index contributed by atoms with van der Waals surface area (Å²) in [4.78, 5) is 32.9. The van der Waals surface area contributed by atoms with Crippen molar-refractivity contribution in [3.05, 3.63) is 60.2 Å². The first-order valence-corrected chi connectivity index (χ1v) is 10.4. The summed E-state index contributed by atoms with van der Waals surface area (Å²) in [7, 11) is -1.82. The van der Waals surface area contributed by atoms with Crippen LogP contribution in [-0.2, 0) is 14.2 Å². The number of carboxylic acids is 2. The molecule has 0 bridgehead atoms. The Hall–Kier alpha value is -2.83. The fourth-order valence-corrected chi connectivity index (χ4v) is 4.40. The number of anilines is 1. The zero-order valence-corrected chi connectivity index (χ0v) is 16.8. The molecule has 29 heavy (non-hydrogen) atoms. The van der Waals surface area contributed by atoms with Crippen LogP contribution in [-0.4, -0.2) is 39.8 Å². The van der Waals surface area contributed by atoms with Crippen molar-refractivity contribution in [2.24, 2.45) is 5.92 Å². The van der Waals surface area contributed by atoms with Crippen molar-refractivity contribution in [3.8, 4) is 5.75 Å². The number of hydrogen-bond acceptors (Lipinski definition) is 5. The highest BCUT2D eigenvalue weighted by Gasteiger charge is 2.39. The molecule has 9 heteroatoms. The van der Waals surface area contributed by atoms with Gasteiger partial charge in [-0.1, -0.05) is 30.3 Å². The molecular formula is C20H24NO7P. The average Bonchev–Trinajstić information content (AvgIpc) is 2.70. The minimum Gasteiger partial charge on any atom is -0.497 e. The Bertz CT molecular complexity index is 842. The lowest BCUT2D eigenvalue weighted by molar-refractivity contribution is -0.143. The topological polar surface area (TPSA) is 133 Å². The summed E-state index contributed by atoms with van der Waals surface area (Å²) >= 11 is 0. The molecule has 4 N–H and O–H groups in total. The first-order chi connectivity index (χ1) is 13.8. The Morgan fingerprint density at radius 1 is 1.07 bits per heavy atom. The van der Waals surface area contributed by atoms with Crippen molar-refractivity contribution in [1.82, 2.24) is 0 Å². The SMILES string of the molecule is COc1ccc(NC(c2ccccc2)C(C(CCC(=O)O)C(=O)O)[PH](=O)O)cc1. The lowest BCUT2D eigenvalue weighted by atomic mass is 9.90. The molecule has 0 aromatic heterocycles. The average molecular weight is 421 g/mol. The van der Waals surface area contributed by atoms with Crippen molar-refractivity contribution < 1.29 is 34.0 Å². The standard InChI is InChI=1S/C20H24NO7P/c1-28-15-9-7-14(8-10-15)21-18(13-5-3-2-4-6-13)19(29(26)27)16(20(24)25)11-12-17(22)23/h2-10,16,18-19,21,29H,11-12H2,1H3,(H,22,23)(H,24,25)(H,26,27). The second-order valence-corrected chi connectivity index (χ2v) is 7.85. The Labute approximate surface area is 169 Å². The van der Waals surface area contributed by atoms with E-state index in [-0.39, 0.29) is 6.42 Å². The van der Waals surface area contributed by atoms with Crippen LogP contribution in [0.2, 0.25) is 0 Å². The van der Waals surface area contributed by atoms with E-state index in [1.165, 1.54) is 7.11 Å². The van der Waals surface area contributed by atoms with Crippen molar-refractivity contribution in [3.63, 3.8) is 0 Å². The quantitative estimate of drug-likeness (QED) is 0.407. The minimum absolute atomic E-state index is 0.250. The maximum Gasteiger partial charge on any atom is 0.307 e. The summed E-state index contributed by atoms with van der Waals surface area (Å²) in [5.41, 5.74) is 0.0268. The van der Waals surface area contributed by atoms with Gasteiger partial charge in [0.1, 0.15) is 5.75 Å². The van der Waals surface area contributed by atoms with Crippen LogP contribution in [0.15, 0.2) is 54.6 Å². The second kappa shape index (κ2) is 10.6. The predicted molar refractivity (Wildman–Crippen MR) is 109 cm³/mol. The van der Waals surface area contributed by atoms with Gasteiger partial charge < -0.3 is 25.2 Å². The number of benzene rings is 2. The molecule has 0 radical (unpaired) electrons. The molecule has 0 aliphatic heterocycles. The summed E-state index contributed by atoms with van der Waals surface area (Å²) in [6, 6.07) is 14.8. The maximum atomic E-state index is 12.3. The zero-order chi connectivity index (χ0) is 21.4. The molecular weight excluding hydrogens is 397 g/mol. The van der Waals surface area contributed by atoms with Gasteiger partial charge in [0.05, 0.1) is 24.7 Å². The number of ether oxygens (including phenoxy) is 1. The molecule has 0 aliphatic carbocycles. The number of methoxy groups -OCH3 is 1. The van der Waals surface area contributed by atoms with Crippen LogP contribution < -0.4 is 10.1 Å². The van der Waals surface area contributed by atoms with Crippen LogP contribution in [0.3, 0.4) is 0 Å². The molecule has 0 amide bonds. The van der Waals surface area contributed by atoms with Crippen molar-refractivity contribution in [1.29, 1.82) is 0 Å². The van der Waals surface area contributed by atoms with Gasteiger partial charge in [-0.15, -0.1) is 0 Å². The van der Waals surface area contributed by atoms with E-state index in [1.807, 2.05) is 0 Å². The predicted octanol–water partition coefficient (Wildman–Crippen LogP) is 3.25. The molecule has 0 spiro atoms. The van der Waals surface area contributed by atoms with E-state index < -0.39 is 44.0 Å². The fourth-order valence-electron chi connectivity index (χ4n) is 3.19. The molecule has 4 unspecified atom stereocenters. The van der Waals surface area contributed by atoms with Crippen molar-refractivity contribution in [2.75, 3.05) is 12.4 Å². The molecule has 0 fully saturated rings. The largest absolute Gasteiger partial charge is 0.497 e. The molecule has 0 aliphatic rings. The van der Waals surface area contributed by atoms with Gasteiger partial charge in [0.2, 0.25) is 0 Å². The Kier molecular flexibility index (Phi) is 8.24. The number of rotatable bonds is 11. The van der Waals surface area contributed by atoms with Gasteiger partial charge in [0.25, 0.3) is 0 Å². The number of carbonyl (C=O) groups is 2. The summed E-state index contributed by atoms with van der Waals surface area (Å²) in [6.07, 6.45) is -0.660. The maximum absolute atomic E-state index is 12.3. The van der Waals surface area contributed by atoms with Gasteiger partial charge in [-0.25, -0.2) is 0 Å². The third-order valence-corrected chi connectivity index (χ3v) is 5.94. The molecule has 0 saturated heterocycles. The van der Waals surface area contributed by atoms with Gasteiger partial charge >= 0.3 is 11.9 Å². The van der Waals surface area contributed by atoms with Gasteiger partial charge in [0.15, 0.2) is 8.03 Å². The van der Waals surface area contributed by atoms with E-state index in [9.17, 15) is 24.2 Å². The first kappa shape index (κ1) is 22.5. The molecule has 0 saturated carbocycles. The lowest BCUT2D eigenvalue weighted by Crippen LogP contribution is -2.35. The highest BCUT2D eigenvalue weighted by Crippen LogP contribution is 2.42. The molecule has 4 atom stereocenters. The number of carboxylic acid groups (broad SMARTS) is 2. The molecule has 2 aromatic rings. The van der Waals surface area contributed by atoms with Gasteiger partial charge in [-0.3, -0.25) is 14.2 Å². The van der Waals surface area contributed by atoms with Crippen LogP contribution in [0.1, 0.15) is 24.4 Å². The van der Waals surface area contributed by atoms with Gasteiger partial charge in [-0.05, 0) is 36.2 Å². The number of hydrogen-bond donors (Lipinski definition) is 4. The Balaban J connectivity index is 2.45. The third kappa shape index (κ3) is 6.34. The van der Waals surface area contributed by atoms with E-state index in [4.69, 9.17) is 9.84 Å². The van der Waals surface area contributed by atoms with Gasteiger partial charge in [0, 0.05) is 12.1 Å². The van der Waals surface area contributed by atoms with E-state index in [1.54, 1.807) is 54.6 Å². The smallest absolute Gasteiger partial charge is 0.307 e. The summed E-state index contributed by atoms with van der Waals surface area (Å²) < 4.78 is 17.4. The van der Waals surface area contributed by atoms with Crippen LogP contribution >= 0.6 is 8.03 Å². The first-order valence-electron chi connectivity index (χ1n) is 8.96. The highest BCUT2D eigenvalue weighted by atomic mass is 31.1. The van der Waals surface area contributed by atoms with E-state index in [0.29, 0.717) is 17.0 Å². The van der Waals surface area contributed by atoms with Crippen LogP contribution in [0, 0.1) is 5.92 Å². The third-order valence-electron chi connectivity index (χ3n) is 4.64. The van der Waals surface area contributed by atoms with Crippen molar-refractivity contribution in [2.45, 2.75) is 24.5 Å². The Morgan fingerprint density at radius 2 is 1.69 bits per heavy atom. The Morgan fingerprint density at radius 3 is 2.17 bits per heavy atom. The van der Waals surface area contributed by atoms with Gasteiger partial charge in [-0.2, -0.15) is 0 Å². The molecule has 8 nitrogen and oxygen atoms in total. The van der Waals surface area contributed by atoms with E-state index in [0.717, 1.165) is 0 Å². The second-order valence-electron chi connectivity index (χ2n) is 6.50. The fraction of sp³-hybridized carbons (Fsp3) is 0.300. The summed E-state index contributed by atoms with van der Waals surface area (Å²) in [5.74, 6) is -3.14. The lowest BCUT2D eigenvalue weighted by Gasteiger charge is -2.31. The molecule has 2 aromatic carbocycles.